The van der Waals surface area contributed by atoms with Crippen molar-refractivity contribution in [2.75, 3.05) is 0 Å². The predicted octanol–water partition coefficient (Wildman–Crippen LogP) is 2.04. The average Bonchev–Trinajstić information content (AvgIpc) is 2.83. The van der Waals surface area contributed by atoms with Crippen LogP contribution in [0.3, 0.4) is 0 Å². The maximum atomic E-state index is 11.0. The molecule has 2 aromatic rings. The second kappa shape index (κ2) is 5.40. The third-order valence-corrected chi connectivity index (χ3v) is 3.57. The van der Waals surface area contributed by atoms with Gasteiger partial charge in [-0.05, 0) is 30.0 Å². The van der Waals surface area contributed by atoms with Gasteiger partial charge in [0.15, 0.2) is 0 Å². The van der Waals surface area contributed by atoms with E-state index in [-0.39, 0.29) is 11.8 Å². The molecule has 5 nitrogen and oxygen atoms in total. The van der Waals surface area contributed by atoms with Crippen molar-refractivity contribution in [2.45, 2.75) is 39.2 Å². The van der Waals surface area contributed by atoms with E-state index in [4.69, 9.17) is 10.2 Å². The van der Waals surface area contributed by atoms with Gasteiger partial charge >= 0.3 is 5.76 Å². The number of rotatable bonds is 4. The molecule has 2 rings (SSSR count). The van der Waals surface area contributed by atoms with E-state index in [1.807, 2.05) is 13.0 Å². The zero-order valence-corrected chi connectivity index (χ0v) is 11.4. The van der Waals surface area contributed by atoms with E-state index in [0.717, 1.165) is 6.42 Å². The Balaban J connectivity index is 2.36. The van der Waals surface area contributed by atoms with E-state index < -0.39 is 11.8 Å². The number of hydrogen-bond donors (Lipinski definition) is 2. The highest BCUT2D eigenvalue weighted by Crippen LogP contribution is 2.31. The molecule has 1 aromatic heterocycles. The van der Waals surface area contributed by atoms with E-state index in [1.54, 1.807) is 0 Å². The second-order valence-electron chi connectivity index (χ2n) is 4.76. The van der Waals surface area contributed by atoms with Crippen molar-refractivity contribution in [2.24, 2.45) is 5.73 Å². The summed E-state index contributed by atoms with van der Waals surface area (Å²) >= 11 is 0. The summed E-state index contributed by atoms with van der Waals surface area (Å²) < 4.78 is 4.94. The largest absolute Gasteiger partial charge is 0.434 e. The molecular weight excluding hydrogens is 242 g/mol. The molecule has 19 heavy (non-hydrogen) atoms. The first-order valence-electron chi connectivity index (χ1n) is 6.44. The quantitative estimate of drug-likeness (QED) is 0.882. The summed E-state index contributed by atoms with van der Waals surface area (Å²) in [5.74, 6) is -0.292. The van der Waals surface area contributed by atoms with Crippen LogP contribution in [0.2, 0.25) is 0 Å². The number of nitrogens with zero attached hydrogens (tertiary/aromatic N) is 1. The number of nitrogens with two attached hydrogens (primary N) is 1. The number of hydrogen-bond acceptors (Lipinski definition) is 4. The number of benzene rings is 1. The fourth-order valence-corrected chi connectivity index (χ4v) is 2.43. The number of nitrogens with one attached hydrogen (secondary N) is 1. The van der Waals surface area contributed by atoms with E-state index in [2.05, 4.69) is 36.2 Å². The third kappa shape index (κ3) is 2.61. The molecule has 3 N–H and O–H groups in total. The Bertz CT molecular complexity index is 615. The van der Waals surface area contributed by atoms with E-state index in [1.165, 1.54) is 16.7 Å². The lowest BCUT2D eigenvalue weighted by molar-refractivity contribution is 0.401. The van der Waals surface area contributed by atoms with Gasteiger partial charge in [-0.2, -0.15) is 0 Å². The van der Waals surface area contributed by atoms with Crippen molar-refractivity contribution < 1.29 is 4.42 Å². The summed E-state index contributed by atoms with van der Waals surface area (Å²) in [5.41, 5.74) is 9.87. The van der Waals surface area contributed by atoms with Crippen molar-refractivity contribution >= 4 is 0 Å². The Kier molecular flexibility index (Phi) is 3.85. The summed E-state index contributed by atoms with van der Waals surface area (Å²) in [6, 6.07) is 5.75. The van der Waals surface area contributed by atoms with Crippen LogP contribution in [0, 0.1) is 6.92 Å². The highest BCUT2D eigenvalue weighted by molar-refractivity contribution is 5.37. The number of aromatic amines is 1. The van der Waals surface area contributed by atoms with Crippen LogP contribution in [-0.4, -0.2) is 10.2 Å². The molecule has 0 radical (unpaired) electrons. The van der Waals surface area contributed by atoms with Crippen LogP contribution >= 0.6 is 0 Å². The Morgan fingerprint density at radius 2 is 2.21 bits per heavy atom. The minimum atomic E-state index is -0.572. The van der Waals surface area contributed by atoms with Gasteiger partial charge in [0, 0.05) is 5.92 Å². The number of H-pyrrole nitrogens is 1. The average molecular weight is 261 g/mol. The van der Waals surface area contributed by atoms with E-state index >= 15 is 0 Å². The van der Waals surface area contributed by atoms with Crippen molar-refractivity contribution in [1.29, 1.82) is 0 Å². The molecule has 1 unspecified atom stereocenters. The van der Waals surface area contributed by atoms with E-state index in [0.29, 0.717) is 0 Å². The number of aryl methyl sites for hydroxylation is 1. The van der Waals surface area contributed by atoms with Gasteiger partial charge in [-0.3, -0.25) is 0 Å². The van der Waals surface area contributed by atoms with Gasteiger partial charge in [0.25, 0.3) is 0 Å². The molecule has 0 aliphatic carbocycles. The van der Waals surface area contributed by atoms with Gasteiger partial charge < -0.3 is 10.2 Å². The fourth-order valence-electron chi connectivity index (χ4n) is 2.43. The van der Waals surface area contributed by atoms with Gasteiger partial charge in [0.1, 0.15) is 0 Å². The zero-order valence-electron chi connectivity index (χ0n) is 11.4. The highest BCUT2D eigenvalue weighted by atomic mass is 16.4. The van der Waals surface area contributed by atoms with Gasteiger partial charge in [0.05, 0.1) is 6.04 Å². The highest BCUT2D eigenvalue weighted by Gasteiger charge is 2.23. The molecule has 0 saturated carbocycles. The molecule has 5 heteroatoms. The molecule has 102 valence electrons. The molecular formula is C14H19N3O2. The smallest absolute Gasteiger partial charge is 0.391 e. The van der Waals surface area contributed by atoms with Crippen molar-refractivity contribution in [3.05, 3.63) is 51.3 Å². The summed E-state index contributed by atoms with van der Waals surface area (Å²) in [4.78, 5) is 11.0. The molecule has 0 amide bonds. The van der Waals surface area contributed by atoms with Crippen LogP contribution in [-0.2, 0) is 6.42 Å². The lowest BCUT2D eigenvalue weighted by Crippen LogP contribution is -2.19. The first-order chi connectivity index (χ1) is 9.04. The molecule has 1 aromatic carbocycles. The number of aromatic nitrogens is 2. The second-order valence-corrected chi connectivity index (χ2v) is 4.76. The molecule has 2 atom stereocenters. The van der Waals surface area contributed by atoms with Crippen LogP contribution in [0.15, 0.2) is 27.4 Å². The Labute approximate surface area is 111 Å². The maximum absolute atomic E-state index is 11.0. The van der Waals surface area contributed by atoms with Crippen molar-refractivity contribution in [3.63, 3.8) is 0 Å². The Hall–Kier alpha value is -1.88. The lowest BCUT2D eigenvalue weighted by Gasteiger charge is -2.21. The first-order valence-corrected chi connectivity index (χ1v) is 6.44. The first kappa shape index (κ1) is 13.5. The summed E-state index contributed by atoms with van der Waals surface area (Å²) in [6.07, 6.45) is 0.948. The van der Waals surface area contributed by atoms with Gasteiger partial charge in [-0.1, -0.05) is 32.0 Å². The minimum absolute atomic E-state index is 0.0290. The topological polar surface area (TPSA) is 84.9 Å². The summed E-state index contributed by atoms with van der Waals surface area (Å²) in [6.45, 7) is 6.24. The Morgan fingerprint density at radius 3 is 2.79 bits per heavy atom. The van der Waals surface area contributed by atoms with Crippen LogP contribution in [0.25, 0.3) is 0 Å². The lowest BCUT2D eigenvalue weighted by atomic mass is 9.87. The molecule has 1 heterocycles. The minimum Gasteiger partial charge on any atom is -0.391 e. The molecule has 0 aliphatic rings. The summed E-state index contributed by atoms with van der Waals surface area (Å²) in [5, 5.41) is 6.05. The summed E-state index contributed by atoms with van der Waals surface area (Å²) in [7, 11) is 0. The monoisotopic (exact) mass is 261 g/mol. The molecule has 0 saturated heterocycles. The van der Waals surface area contributed by atoms with Gasteiger partial charge in [0.2, 0.25) is 5.89 Å². The van der Waals surface area contributed by atoms with Crippen molar-refractivity contribution in [1.82, 2.24) is 10.2 Å². The molecule has 0 bridgehead atoms. The van der Waals surface area contributed by atoms with Crippen LogP contribution in [0.1, 0.15) is 48.4 Å². The Morgan fingerprint density at radius 1 is 1.47 bits per heavy atom. The van der Waals surface area contributed by atoms with E-state index in [9.17, 15) is 4.79 Å². The normalized spacial score (nSPS) is 14.3. The SMILES string of the molecule is CCc1c(C)cccc1C(C)[C@H](N)c1n[nH]c(=O)o1. The van der Waals surface area contributed by atoms with Crippen molar-refractivity contribution in [3.8, 4) is 0 Å². The van der Waals surface area contributed by atoms with Gasteiger partial charge in [-0.15, -0.1) is 5.10 Å². The zero-order chi connectivity index (χ0) is 14.0. The van der Waals surface area contributed by atoms with Crippen LogP contribution in [0.5, 0.6) is 0 Å². The van der Waals surface area contributed by atoms with Crippen LogP contribution < -0.4 is 11.5 Å². The molecule has 0 aliphatic heterocycles. The fraction of sp³-hybridized carbons (Fsp3) is 0.429. The molecule has 0 fully saturated rings. The van der Waals surface area contributed by atoms with Crippen LogP contribution in [0.4, 0.5) is 0 Å². The third-order valence-electron chi connectivity index (χ3n) is 3.57. The standard InChI is InChI=1S/C14H19N3O2/c1-4-10-8(2)6-5-7-11(10)9(3)12(15)13-16-17-14(18)19-13/h5-7,9,12H,4,15H2,1-3H3,(H,17,18)/t9?,12-/m0/s1. The van der Waals surface area contributed by atoms with Gasteiger partial charge in [-0.25, -0.2) is 9.89 Å². The maximum Gasteiger partial charge on any atom is 0.434 e. The predicted molar refractivity (Wildman–Crippen MR) is 73.0 cm³/mol. The molecule has 0 spiro atoms.